The lowest BCUT2D eigenvalue weighted by molar-refractivity contribution is -0.123. The molecule has 0 atom stereocenters. The Kier molecular flexibility index (Phi) is 4.07. The summed E-state index contributed by atoms with van der Waals surface area (Å²) in [5.74, 6) is -0.592. The minimum Gasteiger partial charge on any atom is -0.494 e. The third-order valence-electron chi connectivity index (χ3n) is 2.53. The summed E-state index contributed by atoms with van der Waals surface area (Å²) in [6, 6.07) is 4.14. The molecular formula is C12H17FN2O2. The Bertz CT molecular complexity index is 419. The topological polar surface area (TPSA) is 64.3 Å². The van der Waals surface area contributed by atoms with Crippen LogP contribution in [0.1, 0.15) is 13.8 Å². The number of ether oxygens (including phenoxy) is 1. The molecule has 0 aliphatic heterocycles. The monoisotopic (exact) mass is 240 g/mol. The van der Waals surface area contributed by atoms with Gasteiger partial charge >= 0.3 is 0 Å². The quantitative estimate of drug-likeness (QED) is 0.842. The highest BCUT2D eigenvalue weighted by atomic mass is 19.1. The zero-order valence-electron chi connectivity index (χ0n) is 10.2. The Morgan fingerprint density at radius 3 is 2.71 bits per heavy atom. The normalized spacial score (nSPS) is 11.1. The van der Waals surface area contributed by atoms with Crippen LogP contribution in [0.15, 0.2) is 18.2 Å². The van der Waals surface area contributed by atoms with Gasteiger partial charge in [-0.15, -0.1) is 0 Å². The van der Waals surface area contributed by atoms with Gasteiger partial charge in [0.1, 0.15) is 0 Å². The van der Waals surface area contributed by atoms with Gasteiger partial charge < -0.3 is 15.8 Å². The van der Waals surface area contributed by atoms with E-state index in [0.29, 0.717) is 5.69 Å². The van der Waals surface area contributed by atoms with E-state index in [9.17, 15) is 9.18 Å². The summed E-state index contributed by atoms with van der Waals surface area (Å²) in [4.78, 5) is 11.8. The highest BCUT2D eigenvalue weighted by molar-refractivity contribution is 5.95. The Morgan fingerprint density at radius 1 is 1.53 bits per heavy atom. The number of nitrogens with two attached hydrogens (primary N) is 1. The molecule has 5 heteroatoms. The second kappa shape index (κ2) is 5.14. The molecule has 1 amide bonds. The highest BCUT2D eigenvalue weighted by Gasteiger charge is 2.25. The van der Waals surface area contributed by atoms with Gasteiger partial charge in [-0.3, -0.25) is 4.79 Å². The third-order valence-corrected chi connectivity index (χ3v) is 2.53. The molecule has 1 rings (SSSR count). The van der Waals surface area contributed by atoms with Crippen molar-refractivity contribution >= 4 is 11.6 Å². The van der Waals surface area contributed by atoms with E-state index in [4.69, 9.17) is 10.5 Å². The predicted octanol–water partition coefficient (Wildman–Crippen LogP) is 1.76. The van der Waals surface area contributed by atoms with Crippen LogP contribution >= 0.6 is 0 Å². The molecule has 0 radical (unpaired) electrons. The summed E-state index contributed by atoms with van der Waals surface area (Å²) < 4.78 is 18.0. The number of anilines is 1. The molecule has 0 heterocycles. The molecule has 4 nitrogen and oxygen atoms in total. The van der Waals surface area contributed by atoms with E-state index in [1.807, 2.05) is 0 Å². The molecule has 3 N–H and O–H groups in total. The SMILES string of the molecule is COc1cc(NC(=O)C(C)(C)CN)ccc1F. The van der Waals surface area contributed by atoms with Gasteiger partial charge in [-0.05, 0) is 26.0 Å². The number of benzene rings is 1. The summed E-state index contributed by atoms with van der Waals surface area (Å²) in [6.07, 6.45) is 0. The number of halogens is 1. The van der Waals surface area contributed by atoms with Gasteiger partial charge in [0.25, 0.3) is 0 Å². The number of hydrogen-bond acceptors (Lipinski definition) is 3. The van der Waals surface area contributed by atoms with Crippen LogP contribution in [-0.4, -0.2) is 19.6 Å². The van der Waals surface area contributed by atoms with Crippen molar-refractivity contribution in [2.24, 2.45) is 11.1 Å². The third kappa shape index (κ3) is 3.17. The number of carbonyl (C=O) groups excluding carboxylic acids is 1. The van der Waals surface area contributed by atoms with Gasteiger partial charge in [-0.2, -0.15) is 0 Å². The fraction of sp³-hybridized carbons (Fsp3) is 0.417. The van der Waals surface area contributed by atoms with Gasteiger partial charge in [0, 0.05) is 18.3 Å². The van der Waals surface area contributed by atoms with Gasteiger partial charge in [-0.25, -0.2) is 4.39 Å². The van der Waals surface area contributed by atoms with Crippen molar-refractivity contribution in [3.05, 3.63) is 24.0 Å². The maximum atomic E-state index is 13.1. The maximum Gasteiger partial charge on any atom is 0.231 e. The molecule has 0 aliphatic carbocycles. The Balaban J connectivity index is 2.86. The van der Waals surface area contributed by atoms with Crippen molar-refractivity contribution in [2.75, 3.05) is 19.0 Å². The summed E-state index contributed by atoms with van der Waals surface area (Å²) in [6.45, 7) is 3.71. The van der Waals surface area contributed by atoms with Crippen molar-refractivity contribution in [2.45, 2.75) is 13.8 Å². The van der Waals surface area contributed by atoms with Crippen molar-refractivity contribution in [3.8, 4) is 5.75 Å². The summed E-state index contributed by atoms with van der Waals surface area (Å²) in [5.41, 5.74) is 5.31. The van der Waals surface area contributed by atoms with Crippen LogP contribution in [0.3, 0.4) is 0 Å². The average Bonchev–Trinajstić information content (AvgIpc) is 2.31. The lowest BCUT2D eigenvalue weighted by atomic mass is 9.92. The number of rotatable bonds is 4. The Labute approximate surface area is 100.0 Å². The number of nitrogens with one attached hydrogen (secondary N) is 1. The molecule has 1 aromatic carbocycles. The molecule has 0 saturated carbocycles. The molecule has 17 heavy (non-hydrogen) atoms. The number of methoxy groups -OCH3 is 1. The summed E-state index contributed by atoms with van der Waals surface area (Å²) in [5, 5.41) is 2.67. The predicted molar refractivity (Wildman–Crippen MR) is 64.4 cm³/mol. The Morgan fingerprint density at radius 2 is 2.18 bits per heavy atom. The second-order valence-electron chi connectivity index (χ2n) is 4.39. The van der Waals surface area contributed by atoms with Crippen molar-refractivity contribution in [1.29, 1.82) is 0 Å². The molecule has 1 aromatic rings. The van der Waals surface area contributed by atoms with Crippen molar-refractivity contribution in [3.63, 3.8) is 0 Å². The first-order chi connectivity index (χ1) is 7.90. The lowest BCUT2D eigenvalue weighted by Gasteiger charge is -2.21. The van der Waals surface area contributed by atoms with E-state index >= 15 is 0 Å². The first-order valence-corrected chi connectivity index (χ1v) is 5.26. The van der Waals surface area contributed by atoms with Crippen LogP contribution < -0.4 is 15.8 Å². The number of hydrogen-bond donors (Lipinski definition) is 2. The molecular weight excluding hydrogens is 223 g/mol. The standard InChI is InChI=1S/C12H17FN2O2/c1-12(2,7-14)11(16)15-8-4-5-9(13)10(6-8)17-3/h4-6H,7,14H2,1-3H3,(H,15,16). The molecule has 94 valence electrons. The molecule has 0 spiro atoms. The Hall–Kier alpha value is -1.62. The van der Waals surface area contributed by atoms with E-state index in [1.165, 1.54) is 25.3 Å². The maximum absolute atomic E-state index is 13.1. The largest absolute Gasteiger partial charge is 0.494 e. The molecule has 0 aromatic heterocycles. The van der Waals surface area contributed by atoms with Crippen LogP contribution in [0.2, 0.25) is 0 Å². The van der Waals surface area contributed by atoms with Crippen molar-refractivity contribution < 1.29 is 13.9 Å². The minimum absolute atomic E-state index is 0.0911. The summed E-state index contributed by atoms with van der Waals surface area (Å²) >= 11 is 0. The van der Waals surface area contributed by atoms with Gasteiger partial charge in [0.2, 0.25) is 5.91 Å². The fourth-order valence-electron chi connectivity index (χ4n) is 1.13. The zero-order chi connectivity index (χ0) is 13.1. The average molecular weight is 240 g/mol. The van der Waals surface area contributed by atoms with E-state index in [1.54, 1.807) is 13.8 Å². The zero-order valence-corrected chi connectivity index (χ0v) is 10.2. The minimum atomic E-state index is -0.665. The molecule has 0 fully saturated rings. The van der Waals surface area contributed by atoms with Crippen LogP contribution in [0, 0.1) is 11.2 Å². The van der Waals surface area contributed by atoms with Gasteiger partial charge in [-0.1, -0.05) is 0 Å². The molecule has 0 aliphatic rings. The van der Waals surface area contributed by atoms with Crippen molar-refractivity contribution in [1.82, 2.24) is 0 Å². The van der Waals surface area contributed by atoms with E-state index in [0.717, 1.165) is 0 Å². The number of carbonyl (C=O) groups is 1. The van der Waals surface area contributed by atoms with E-state index in [2.05, 4.69) is 5.32 Å². The van der Waals surface area contributed by atoms with E-state index < -0.39 is 11.2 Å². The van der Waals surface area contributed by atoms with E-state index in [-0.39, 0.29) is 18.2 Å². The fourth-order valence-corrected chi connectivity index (χ4v) is 1.13. The van der Waals surface area contributed by atoms with Crippen LogP contribution in [0.5, 0.6) is 5.75 Å². The smallest absolute Gasteiger partial charge is 0.231 e. The second-order valence-corrected chi connectivity index (χ2v) is 4.39. The lowest BCUT2D eigenvalue weighted by Crippen LogP contribution is -2.37. The van der Waals surface area contributed by atoms with Crippen LogP contribution in [0.4, 0.5) is 10.1 Å². The van der Waals surface area contributed by atoms with Crippen LogP contribution in [-0.2, 0) is 4.79 Å². The molecule has 0 unspecified atom stereocenters. The molecule has 0 saturated heterocycles. The van der Waals surface area contributed by atoms with Gasteiger partial charge in [0.15, 0.2) is 11.6 Å². The summed E-state index contributed by atoms with van der Waals surface area (Å²) in [7, 11) is 1.37. The molecule has 0 bridgehead atoms. The van der Waals surface area contributed by atoms with Gasteiger partial charge in [0.05, 0.1) is 12.5 Å². The highest BCUT2D eigenvalue weighted by Crippen LogP contribution is 2.23. The first kappa shape index (κ1) is 13.4. The van der Waals surface area contributed by atoms with Crippen LogP contribution in [0.25, 0.3) is 0 Å². The first-order valence-electron chi connectivity index (χ1n) is 5.26. The number of amides is 1.